The summed E-state index contributed by atoms with van der Waals surface area (Å²) in [4.78, 5) is 15.8. The van der Waals surface area contributed by atoms with E-state index in [-0.39, 0.29) is 18.2 Å². The van der Waals surface area contributed by atoms with Crippen LogP contribution in [0.2, 0.25) is 0 Å². The molecule has 1 unspecified atom stereocenters. The number of rotatable bonds is 4. The normalized spacial score (nSPS) is 12.7. The van der Waals surface area contributed by atoms with Gasteiger partial charge in [0, 0.05) is 6.42 Å². The number of alkyl halides is 3. The number of anilines is 2. The van der Waals surface area contributed by atoms with Crippen LogP contribution in [0.3, 0.4) is 0 Å². The molecule has 0 radical (unpaired) electrons. The fraction of sp³-hybridized carbons (Fsp3) is 0.250. The van der Waals surface area contributed by atoms with E-state index in [4.69, 9.17) is 5.73 Å². The third-order valence-electron chi connectivity index (χ3n) is 3.37. The summed E-state index contributed by atoms with van der Waals surface area (Å²) >= 11 is 0. The smallest absolute Gasteiger partial charge is 0.384 e. The predicted molar refractivity (Wildman–Crippen MR) is 81.8 cm³/mol. The fourth-order valence-electron chi connectivity index (χ4n) is 2.09. The summed E-state index contributed by atoms with van der Waals surface area (Å²) in [6.07, 6.45) is -2.77. The largest absolute Gasteiger partial charge is 0.416 e. The Morgan fingerprint density at radius 2 is 1.87 bits per heavy atom. The van der Waals surface area contributed by atoms with Gasteiger partial charge in [0.25, 0.3) is 0 Å². The number of halogens is 3. The van der Waals surface area contributed by atoms with Gasteiger partial charge >= 0.3 is 6.18 Å². The molecular weight excluding hydrogens is 307 g/mol. The van der Waals surface area contributed by atoms with E-state index in [2.05, 4.69) is 10.3 Å². The number of carbonyl (C=O) groups excluding carboxylic acids is 1. The highest BCUT2D eigenvalue weighted by Crippen LogP contribution is 2.30. The van der Waals surface area contributed by atoms with Gasteiger partial charge in [-0.25, -0.2) is 4.98 Å². The highest BCUT2D eigenvalue weighted by molar-refractivity contribution is 5.91. The molecule has 2 aromatic rings. The first-order valence-electron chi connectivity index (χ1n) is 6.94. The van der Waals surface area contributed by atoms with E-state index in [1.165, 1.54) is 18.3 Å². The number of hydrogen-bond donors (Lipinski definition) is 2. The number of nitrogens with one attached hydrogen (secondary N) is 1. The van der Waals surface area contributed by atoms with Crippen LogP contribution in [0.25, 0.3) is 0 Å². The zero-order valence-corrected chi connectivity index (χ0v) is 12.4. The Morgan fingerprint density at radius 1 is 1.22 bits per heavy atom. The molecule has 4 nitrogen and oxygen atoms in total. The number of nitrogen functional groups attached to an aromatic ring is 1. The van der Waals surface area contributed by atoms with Gasteiger partial charge in [-0.3, -0.25) is 4.79 Å². The quantitative estimate of drug-likeness (QED) is 0.899. The molecule has 0 fully saturated rings. The first-order valence-corrected chi connectivity index (χ1v) is 6.94. The number of pyridine rings is 1. The minimum atomic E-state index is -4.36. The predicted octanol–water partition coefficient (Wildman–Crippen LogP) is 3.81. The Bertz CT molecular complexity index is 666. The van der Waals surface area contributed by atoms with Crippen LogP contribution in [-0.4, -0.2) is 10.9 Å². The summed E-state index contributed by atoms with van der Waals surface area (Å²) in [6, 6.07) is 8.02. The number of benzene rings is 1. The lowest BCUT2D eigenvalue weighted by Crippen LogP contribution is -2.14. The molecule has 0 saturated carbocycles. The SMILES string of the molecule is CC(CC(=O)Nc1ccc(N)nc1)c1ccc(C(F)(F)F)cc1. The Kier molecular flexibility index (Phi) is 4.88. The van der Waals surface area contributed by atoms with Crippen molar-refractivity contribution in [2.24, 2.45) is 0 Å². The molecule has 1 aromatic heterocycles. The van der Waals surface area contributed by atoms with Crippen molar-refractivity contribution in [1.82, 2.24) is 4.98 Å². The van der Waals surface area contributed by atoms with Gasteiger partial charge in [-0.15, -0.1) is 0 Å². The van der Waals surface area contributed by atoms with Crippen molar-refractivity contribution < 1.29 is 18.0 Å². The van der Waals surface area contributed by atoms with E-state index in [1.807, 2.05) is 0 Å². The first kappa shape index (κ1) is 16.8. The first-order chi connectivity index (χ1) is 10.8. The summed E-state index contributed by atoms with van der Waals surface area (Å²) in [5, 5.41) is 2.67. The molecule has 0 aliphatic heterocycles. The monoisotopic (exact) mass is 323 g/mol. The molecule has 0 bridgehead atoms. The van der Waals surface area contributed by atoms with Crippen LogP contribution in [0.15, 0.2) is 42.6 Å². The summed E-state index contributed by atoms with van der Waals surface area (Å²) in [7, 11) is 0. The van der Waals surface area contributed by atoms with Gasteiger partial charge in [-0.05, 0) is 35.7 Å². The second kappa shape index (κ2) is 6.68. The molecule has 3 N–H and O–H groups in total. The molecule has 23 heavy (non-hydrogen) atoms. The molecule has 7 heteroatoms. The topological polar surface area (TPSA) is 68.0 Å². The third kappa shape index (κ3) is 4.70. The Hall–Kier alpha value is -2.57. The van der Waals surface area contributed by atoms with E-state index in [0.717, 1.165) is 12.1 Å². The lowest BCUT2D eigenvalue weighted by molar-refractivity contribution is -0.137. The number of carbonyl (C=O) groups is 1. The molecule has 1 aromatic carbocycles. The molecule has 122 valence electrons. The number of nitrogens with two attached hydrogens (primary N) is 1. The van der Waals surface area contributed by atoms with E-state index in [9.17, 15) is 18.0 Å². The van der Waals surface area contributed by atoms with Crippen LogP contribution in [-0.2, 0) is 11.0 Å². The van der Waals surface area contributed by atoms with Crippen LogP contribution in [0, 0.1) is 0 Å². The maximum Gasteiger partial charge on any atom is 0.416 e. The molecule has 1 heterocycles. The molecule has 2 rings (SSSR count). The van der Waals surface area contributed by atoms with Crippen molar-refractivity contribution in [3.05, 3.63) is 53.7 Å². The fourth-order valence-corrected chi connectivity index (χ4v) is 2.09. The zero-order valence-electron chi connectivity index (χ0n) is 12.4. The minimum absolute atomic E-state index is 0.149. The second-order valence-corrected chi connectivity index (χ2v) is 5.24. The van der Waals surface area contributed by atoms with Crippen LogP contribution < -0.4 is 11.1 Å². The van der Waals surface area contributed by atoms with Crippen molar-refractivity contribution in [3.8, 4) is 0 Å². The highest BCUT2D eigenvalue weighted by Gasteiger charge is 2.30. The van der Waals surface area contributed by atoms with Crippen molar-refractivity contribution >= 4 is 17.4 Å². The van der Waals surface area contributed by atoms with Crippen molar-refractivity contribution in [2.75, 3.05) is 11.1 Å². The van der Waals surface area contributed by atoms with E-state index >= 15 is 0 Å². The lowest BCUT2D eigenvalue weighted by atomic mass is 9.96. The molecular formula is C16H16F3N3O. The average molecular weight is 323 g/mol. The van der Waals surface area contributed by atoms with E-state index < -0.39 is 11.7 Å². The number of nitrogens with zero attached hydrogens (tertiary/aromatic N) is 1. The zero-order chi connectivity index (χ0) is 17.0. The van der Waals surface area contributed by atoms with Gasteiger partial charge in [-0.2, -0.15) is 13.2 Å². The van der Waals surface area contributed by atoms with Crippen LogP contribution in [0.4, 0.5) is 24.7 Å². The summed E-state index contributed by atoms with van der Waals surface area (Å²) in [6.45, 7) is 1.78. The minimum Gasteiger partial charge on any atom is -0.384 e. The number of aromatic nitrogens is 1. The number of amides is 1. The molecule has 0 aliphatic rings. The molecule has 0 aliphatic carbocycles. The van der Waals surface area contributed by atoms with Gasteiger partial charge in [0.15, 0.2) is 0 Å². The van der Waals surface area contributed by atoms with E-state index in [0.29, 0.717) is 17.1 Å². The summed E-state index contributed by atoms with van der Waals surface area (Å²) in [5.74, 6) is -0.107. The van der Waals surface area contributed by atoms with Gasteiger partial charge in [0.05, 0.1) is 17.4 Å². The van der Waals surface area contributed by atoms with Crippen molar-refractivity contribution in [2.45, 2.75) is 25.4 Å². The highest BCUT2D eigenvalue weighted by atomic mass is 19.4. The van der Waals surface area contributed by atoms with Crippen LogP contribution >= 0.6 is 0 Å². The van der Waals surface area contributed by atoms with Crippen molar-refractivity contribution in [3.63, 3.8) is 0 Å². The Labute approximate surface area is 131 Å². The van der Waals surface area contributed by atoms with Crippen LogP contribution in [0.1, 0.15) is 30.4 Å². The van der Waals surface area contributed by atoms with Gasteiger partial charge < -0.3 is 11.1 Å². The second-order valence-electron chi connectivity index (χ2n) is 5.24. The maximum atomic E-state index is 12.5. The maximum absolute atomic E-state index is 12.5. The lowest BCUT2D eigenvalue weighted by Gasteiger charge is -2.13. The van der Waals surface area contributed by atoms with Gasteiger partial charge in [0.1, 0.15) is 5.82 Å². The standard InChI is InChI=1S/C16H16F3N3O/c1-10(11-2-4-12(5-3-11)16(17,18)19)8-15(23)22-13-6-7-14(20)21-9-13/h2-7,9-10H,8H2,1H3,(H2,20,21)(H,22,23). The molecule has 0 saturated heterocycles. The van der Waals surface area contributed by atoms with E-state index in [1.54, 1.807) is 19.1 Å². The number of hydrogen-bond acceptors (Lipinski definition) is 3. The molecule has 0 spiro atoms. The van der Waals surface area contributed by atoms with Gasteiger partial charge in [-0.1, -0.05) is 19.1 Å². The Balaban J connectivity index is 1.96. The summed E-state index contributed by atoms with van der Waals surface area (Å²) < 4.78 is 37.6. The van der Waals surface area contributed by atoms with Crippen LogP contribution in [0.5, 0.6) is 0 Å². The van der Waals surface area contributed by atoms with Crippen molar-refractivity contribution in [1.29, 1.82) is 0 Å². The molecule has 1 amide bonds. The van der Waals surface area contributed by atoms with Gasteiger partial charge in [0.2, 0.25) is 5.91 Å². The Morgan fingerprint density at radius 3 is 2.39 bits per heavy atom. The third-order valence-corrected chi connectivity index (χ3v) is 3.37. The average Bonchev–Trinajstić information content (AvgIpc) is 2.49. The molecule has 1 atom stereocenters. The summed E-state index contributed by atoms with van der Waals surface area (Å²) in [5.41, 5.74) is 5.94.